The Morgan fingerprint density at radius 2 is 2.03 bits per heavy atom. The Bertz CT molecular complexity index is 1050. The van der Waals surface area contributed by atoms with Crippen LogP contribution in [0.5, 0.6) is 0 Å². The fourth-order valence-electron chi connectivity index (χ4n) is 3.55. The van der Waals surface area contributed by atoms with E-state index in [1.165, 1.54) is 11.3 Å². The Labute approximate surface area is 175 Å². The minimum atomic E-state index is -1.07. The monoisotopic (exact) mass is 436 g/mol. The molecule has 1 fully saturated rings. The molecule has 2 aromatic heterocycles. The van der Waals surface area contributed by atoms with E-state index in [9.17, 15) is 15.3 Å². The largest absolute Gasteiger partial charge is 0.396 e. The maximum atomic E-state index is 10.3. The average Bonchev–Trinajstić information content (AvgIpc) is 3.22. The van der Waals surface area contributed by atoms with Crippen molar-refractivity contribution in [2.75, 3.05) is 30.0 Å². The van der Waals surface area contributed by atoms with Gasteiger partial charge in [-0.2, -0.15) is 4.98 Å². The first-order valence-corrected chi connectivity index (χ1v) is 10.3. The van der Waals surface area contributed by atoms with Gasteiger partial charge in [0.2, 0.25) is 5.95 Å². The molecule has 0 saturated heterocycles. The van der Waals surface area contributed by atoms with E-state index >= 15 is 0 Å². The fourth-order valence-corrected chi connectivity index (χ4v) is 4.93. The lowest BCUT2D eigenvalue weighted by Gasteiger charge is -2.20. The number of benzene rings is 1. The molecule has 0 bridgehead atoms. The van der Waals surface area contributed by atoms with Gasteiger partial charge in [-0.25, -0.2) is 9.97 Å². The number of anilines is 3. The Balaban J connectivity index is 1.75. The van der Waals surface area contributed by atoms with E-state index in [2.05, 4.69) is 25.6 Å². The summed E-state index contributed by atoms with van der Waals surface area (Å²) in [5.74, 6) is -0.125. The van der Waals surface area contributed by atoms with E-state index in [4.69, 9.17) is 17.3 Å². The highest BCUT2D eigenvalue weighted by molar-refractivity contribution is 7.21. The molecule has 3 aromatic rings. The number of hydrogen-bond donors (Lipinski definition) is 6. The Morgan fingerprint density at radius 1 is 1.24 bits per heavy atom. The summed E-state index contributed by atoms with van der Waals surface area (Å²) in [6.07, 6.45) is -1.73. The van der Waals surface area contributed by atoms with E-state index in [-0.39, 0.29) is 17.7 Å². The molecule has 0 spiro atoms. The molecule has 11 heteroatoms. The topological polar surface area (TPSA) is 149 Å². The van der Waals surface area contributed by atoms with Crippen LogP contribution in [0.25, 0.3) is 20.8 Å². The molecule has 1 aliphatic rings. The lowest BCUT2D eigenvalue weighted by atomic mass is 10.1. The molecule has 29 heavy (non-hydrogen) atoms. The predicted octanol–water partition coefficient (Wildman–Crippen LogP) is 1.55. The van der Waals surface area contributed by atoms with Crippen molar-refractivity contribution in [1.82, 2.24) is 15.0 Å². The van der Waals surface area contributed by atoms with Gasteiger partial charge in [-0.3, -0.25) is 0 Å². The lowest BCUT2D eigenvalue weighted by molar-refractivity contribution is 0.00446. The van der Waals surface area contributed by atoms with Crippen molar-refractivity contribution in [2.24, 2.45) is 5.92 Å². The highest BCUT2D eigenvalue weighted by Crippen LogP contribution is 2.40. The molecular formula is C18H21ClN6O3S. The third-order valence-corrected chi connectivity index (χ3v) is 6.44. The second kappa shape index (κ2) is 7.88. The van der Waals surface area contributed by atoms with Gasteiger partial charge >= 0.3 is 0 Å². The van der Waals surface area contributed by atoms with Crippen LogP contribution in [0.1, 0.15) is 6.42 Å². The number of nitrogens with one attached hydrogen (secondary N) is 2. The molecule has 1 aromatic carbocycles. The van der Waals surface area contributed by atoms with Crippen LogP contribution < -0.4 is 16.4 Å². The van der Waals surface area contributed by atoms with Crippen molar-refractivity contribution < 1.29 is 15.3 Å². The minimum Gasteiger partial charge on any atom is -0.396 e. The molecule has 154 valence electrons. The highest BCUT2D eigenvalue weighted by Gasteiger charge is 2.41. The van der Waals surface area contributed by atoms with Gasteiger partial charge in [-0.1, -0.05) is 11.6 Å². The summed E-state index contributed by atoms with van der Waals surface area (Å²) in [5, 5.41) is 36.8. The number of thiazole rings is 1. The van der Waals surface area contributed by atoms with Gasteiger partial charge in [0.25, 0.3) is 0 Å². The van der Waals surface area contributed by atoms with Gasteiger partial charge < -0.3 is 31.7 Å². The number of rotatable bonds is 5. The van der Waals surface area contributed by atoms with Crippen LogP contribution >= 0.6 is 22.9 Å². The number of halogens is 1. The first kappa shape index (κ1) is 20.0. The summed E-state index contributed by atoms with van der Waals surface area (Å²) in [6, 6.07) is 5.29. The van der Waals surface area contributed by atoms with Crippen molar-refractivity contribution in [3.05, 3.63) is 23.4 Å². The number of aliphatic hydroxyl groups excluding tert-OH is 3. The minimum absolute atomic E-state index is 0.0217. The molecule has 0 unspecified atom stereocenters. The number of aromatic nitrogens is 3. The van der Waals surface area contributed by atoms with Crippen LogP contribution in [-0.2, 0) is 0 Å². The quantitative estimate of drug-likeness (QED) is 0.327. The second-order valence-electron chi connectivity index (χ2n) is 6.96. The zero-order chi connectivity index (χ0) is 20.7. The lowest BCUT2D eigenvalue weighted by Crippen LogP contribution is -2.35. The Kier molecular flexibility index (Phi) is 5.45. The van der Waals surface area contributed by atoms with Crippen molar-refractivity contribution >= 4 is 50.6 Å². The molecule has 0 radical (unpaired) electrons. The zero-order valence-electron chi connectivity index (χ0n) is 15.5. The summed E-state index contributed by atoms with van der Waals surface area (Å²) in [4.78, 5) is 12.9. The molecule has 0 aliphatic heterocycles. The van der Waals surface area contributed by atoms with Crippen molar-refractivity contribution in [3.8, 4) is 10.6 Å². The van der Waals surface area contributed by atoms with Crippen LogP contribution in [0.15, 0.2) is 18.2 Å². The van der Waals surface area contributed by atoms with E-state index in [1.807, 2.05) is 25.2 Å². The van der Waals surface area contributed by atoms with Crippen molar-refractivity contribution in [1.29, 1.82) is 0 Å². The molecular weight excluding hydrogens is 416 g/mol. The summed E-state index contributed by atoms with van der Waals surface area (Å²) in [5.41, 5.74) is 8.03. The predicted molar refractivity (Wildman–Crippen MR) is 114 cm³/mol. The van der Waals surface area contributed by atoms with Gasteiger partial charge in [-0.05, 0) is 24.6 Å². The molecule has 7 N–H and O–H groups in total. The van der Waals surface area contributed by atoms with Crippen LogP contribution in [0.4, 0.5) is 17.5 Å². The molecule has 1 aliphatic carbocycles. The molecule has 2 heterocycles. The first-order chi connectivity index (χ1) is 13.9. The first-order valence-electron chi connectivity index (χ1n) is 9.06. The van der Waals surface area contributed by atoms with E-state index < -0.39 is 24.2 Å². The van der Waals surface area contributed by atoms with Gasteiger partial charge in [0.1, 0.15) is 22.1 Å². The molecule has 1 saturated carbocycles. The number of aliphatic hydroxyl groups is 3. The standard InChI is InChI=1S/C18H21ClN6O3S/c1-21-8-2-3-9-11(5-8)29-17(23-9)12-15(19)24-18(20)25-16(12)22-10-4-7(6-26)13(27)14(10)28/h2-3,5,7,10,13-14,21,26-28H,4,6H2,1H3,(H3,20,22,24,25)/t7-,10-,13-,14+/m1/s1. The highest BCUT2D eigenvalue weighted by atomic mass is 35.5. The smallest absolute Gasteiger partial charge is 0.223 e. The summed E-state index contributed by atoms with van der Waals surface area (Å²) in [7, 11) is 1.84. The second-order valence-corrected chi connectivity index (χ2v) is 8.35. The number of fused-ring (bicyclic) bond motifs is 1. The fraction of sp³-hybridized carbons (Fsp3) is 0.389. The maximum absolute atomic E-state index is 10.3. The number of nitrogens with two attached hydrogens (primary N) is 1. The normalized spacial score (nSPS) is 24.2. The number of nitrogens with zero attached hydrogens (tertiary/aromatic N) is 3. The summed E-state index contributed by atoms with van der Waals surface area (Å²) < 4.78 is 0.961. The molecule has 4 atom stereocenters. The zero-order valence-corrected chi connectivity index (χ0v) is 17.1. The maximum Gasteiger partial charge on any atom is 0.223 e. The summed E-state index contributed by atoms with van der Waals surface area (Å²) in [6.45, 7) is -0.221. The molecule has 9 nitrogen and oxygen atoms in total. The molecule has 4 rings (SSSR count). The molecule has 0 amide bonds. The Hall–Kier alpha value is -2.24. The van der Waals surface area contributed by atoms with Crippen LogP contribution in [0.3, 0.4) is 0 Å². The van der Waals surface area contributed by atoms with Gasteiger partial charge in [0.15, 0.2) is 0 Å². The van der Waals surface area contributed by atoms with Gasteiger partial charge in [-0.15, -0.1) is 11.3 Å². The van der Waals surface area contributed by atoms with Crippen molar-refractivity contribution in [3.63, 3.8) is 0 Å². The van der Waals surface area contributed by atoms with Gasteiger partial charge in [0, 0.05) is 25.3 Å². The average molecular weight is 437 g/mol. The number of nitrogen functional groups attached to an aromatic ring is 1. The van der Waals surface area contributed by atoms with E-state index in [0.717, 1.165) is 15.9 Å². The Morgan fingerprint density at radius 3 is 2.72 bits per heavy atom. The number of hydrogen-bond acceptors (Lipinski definition) is 10. The van der Waals surface area contributed by atoms with Crippen LogP contribution in [0.2, 0.25) is 5.15 Å². The van der Waals surface area contributed by atoms with E-state index in [1.54, 1.807) is 0 Å². The van der Waals surface area contributed by atoms with Crippen LogP contribution in [-0.4, -0.2) is 62.2 Å². The summed E-state index contributed by atoms with van der Waals surface area (Å²) >= 11 is 7.82. The third-order valence-electron chi connectivity index (χ3n) is 5.13. The third kappa shape index (κ3) is 3.69. The van der Waals surface area contributed by atoms with Gasteiger partial charge in [0.05, 0.1) is 27.9 Å². The van der Waals surface area contributed by atoms with Crippen LogP contribution in [0, 0.1) is 5.92 Å². The van der Waals surface area contributed by atoms with Crippen molar-refractivity contribution in [2.45, 2.75) is 24.7 Å². The van der Waals surface area contributed by atoms with E-state index in [0.29, 0.717) is 22.8 Å². The SMILES string of the molecule is CNc1ccc2nc(-c3c(Cl)nc(N)nc3N[C@@H]3C[C@H](CO)[C@@H](O)[C@H]3O)sc2c1.